The van der Waals surface area contributed by atoms with Crippen LogP contribution in [0.4, 0.5) is 0 Å². The summed E-state index contributed by atoms with van der Waals surface area (Å²) >= 11 is 7.77. The van der Waals surface area contributed by atoms with E-state index in [0.29, 0.717) is 12.8 Å². The predicted molar refractivity (Wildman–Crippen MR) is 94.3 cm³/mol. The Labute approximate surface area is 145 Å². The van der Waals surface area contributed by atoms with Crippen molar-refractivity contribution in [2.24, 2.45) is 5.92 Å². The minimum absolute atomic E-state index is 0.156. The molecule has 1 N–H and O–H groups in total. The number of halogens is 1. The van der Waals surface area contributed by atoms with Gasteiger partial charge in [-0.15, -0.1) is 11.3 Å². The van der Waals surface area contributed by atoms with E-state index in [1.165, 1.54) is 16.0 Å². The SMILES string of the molecule is Cc1ccccc1C(c1ccc(Cl)s1)N1CCC(C(=O)O)CC1. The second-order valence-electron chi connectivity index (χ2n) is 6.05. The molecular formula is C18H20ClNO2S. The van der Waals surface area contributed by atoms with E-state index in [4.69, 9.17) is 11.6 Å². The molecule has 1 aliphatic heterocycles. The maximum atomic E-state index is 11.2. The van der Waals surface area contributed by atoms with Crippen molar-refractivity contribution >= 4 is 28.9 Å². The standard InChI is InChI=1S/C18H20ClNO2S/c1-12-4-2-3-5-14(12)17(15-6-7-16(19)23-15)20-10-8-13(9-11-20)18(21)22/h2-7,13,17H,8-11H2,1H3,(H,21,22). The van der Waals surface area contributed by atoms with Gasteiger partial charge in [-0.05, 0) is 56.1 Å². The molecule has 1 saturated heterocycles. The zero-order valence-corrected chi connectivity index (χ0v) is 14.6. The Morgan fingerprint density at radius 2 is 1.96 bits per heavy atom. The van der Waals surface area contributed by atoms with Gasteiger partial charge in [-0.2, -0.15) is 0 Å². The molecule has 0 bridgehead atoms. The monoisotopic (exact) mass is 349 g/mol. The number of aliphatic carboxylic acids is 1. The van der Waals surface area contributed by atoms with Gasteiger partial charge in [-0.25, -0.2) is 0 Å². The Kier molecular flexibility index (Phi) is 5.05. The van der Waals surface area contributed by atoms with E-state index in [0.717, 1.165) is 17.4 Å². The Bertz CT molecular complexity index is 692. The molecule has 122 valence electrons. The number of piperidine rings is 1. The van der Waals surface area contributed by atoms with Crippen molar-refractivity contribution in [3.05, 3.63) is 56.7 Å². The summed E-state index contributed by atoms with van der Waals surface area (Å²) in [7, 11) is 0. The number of rotatable bonds is 4. The summed E-state index contributed by atoms with van der Waals surface area (Å²) in [6.07, 6.45) is 1.41. The lowest BCUT2D eigenvalue weighted by Crippen LogP contribution is -2.39. The van der Waals surface area contributed by atoms with Crippen LogP contribution >= 0.6 is 22.9 Å². The molecule has 2 heterocycles. The number of nitrogens with zero attached hydrogens (tertiary/aromatic N) is 1. The Hall–Kier alpha value is -1.36. The largest absolute Gasteiger partial charge is 0.481 e. The van der Waals surface area contributed by atoms with E-state index in [2.05, 4.69) is 36.1 Å². The summed E-state index contributed by atoms with van der Waals surface area (Å²) in [6, 6.07) is 12.6. The molecule has 3 nitrogen and oxygen atoms in total. The van der Waals surface area contributed by atoms with E-state index in [1.807, 2.05) is 12.1 Å². The van der Waals surface area contributed by atoms with Crippen LogP contribution in [0.2, 0.25) is 4.34 Å². The highest BCUT2D eigenvalue weighted by Crippen LogP contribution is 2.38. The molecule has 1 fully saturated rings. The number of carboxylic acids is 1. The Morgan fingerprint density at radius 1 is 1.26 bits per heavy atom. The molecule has 0 amide bonds. The van der Waals surface area contributed by atoms with E-state index in [-0.39, 0.29) is 12.0 Å². The molecule has 3 rings (SSSR count). The van der Waals surface area contributed by atoms with Crippen molar-refractivity contribution in [3.63, 3.8) is 0 Å². The Balaban J connectivity index is 1.91. The molecule has 1 aromatic heterocycles. The molecule has 0 spiro atoms. The molecule has 1 aromatic carbocycles. The fourth-order valence-corrected chi connectivity index (χ4v) is 4.52. The normalized spacial score (nSPS) is 18.0. The third kappa shape index (κ3) is 3.60. The van der Waals surface area contributed by atoms with Gasteiger partial charge in [0.2, 0.25) is 0 Å². The van der Waals surface area contributed by atoms with Crippen LogP contribution in [0.5, 0.6) is 0 Å². The number of carboxylic acid groups (broad SMARTS) is 1. The average Bonchev–Trinajstić information content (AvgIpc) is 2.96. The van der Waals surface area contributed by atoms with Crippen molar-refractivity contribution in [1.29, 1.82) is 0 Å². The molecule has 0 radical (unpaired) electrons. The maximum absolute atomic E-state index is 11.2. The van der Waals surface area contributed by atoms with Gasteiger partial charge >= 0.3 is 5.97 Å². The van der Waals surface area contributed by atoms with Crippen LogP contribution in [0.25, 0.3) is 0 Å². The first-order valence-corrected chi connectivity index (χ1v) is 9.03. The molecule has 5 heteroatoms. The van der Waals surface area contributed by atoms with Gasteiger partial charge in [0.25, 0.3) is 0 Å². The van der Waals surface area contributed by atoms with Crippen LogP contribution in [0.15, 0.2) is 36.4 Å². The molecule has 1 atom stereocenters. The third-order valence-electron chi connectivity index (χ3n) is 4.59. The smallest absolute Gasteiger partial charge is 0.306 e. The van der Waals surface area contributed by atoms with Gasteiger partial charge < -0.3 is 5.11 Å². The van der Waals surface area contributed by atoms with Crippen molar-refractivity contribution in [2.45, 2.75) is 25.8 Å². The summed E-state index contributed by atoms with van der Waals surface area (Å²) < 4.78 is 0.791. The third-order valence-corrected chi connectivity index (χ3v) is 5.87. The van der Waals surface area contributed by atoms with Crippen LogP contribution in [0, 0.1) is 12.8 Å². The highest BCUT2D eigenvalue weighted by molar-refractivity contribution is 7.16. The van der Waals surface area contributed by atoms with Crippen molar-refractivity contribution in [2.75, 3.05) is 13.1 Å². The fourth-order valence-electron chi connectivity index (χ4n) is 3.30. The molecule has 1 unspecified atom stereocenters. The first-order valence-electron chi connectivity index (χ1n) is 7.84. The number of benzene rings is 1. The number of carbonyl (C=O) groups is 1. The number of thiophene rings is 1. The quantitative estimate of drug-likeness (QED) is 0.877. The minimum atomic E-state index is -0.670. The summed E-state index contributed by atoms with van der Waals surface area (Å²) in [5, 5.41) is 9.21. The topological polar surface area (TPSA) is 40.5 Å². The Morgan fingerprint density at radius 3 is 2.52 bits per heavy atom. The lowest BCUT2D eigenvalue weighted by molar-refractivity contribution is -0.143. The first kappa shape index (κ1) is 16.5. The zero-order valence-electron chi connectivity index (χ0n) is 13.0. The maximum Gasteiger partial charge on any atom is 0.306 e. The molecule has 0 saturated carbocycles. The molecule has 0 aliphatic carbocycles. The minimum Gasteiger partial charge on any atom is -0.481 e. The highest BCUT2D eigenvalue weighted by Gasteiger charge is 2.31. The second-order valence-corrected chi connectivity index (χ2v) is 7.80. The number of likely N-dealkylation sites (tertiary alicyclic amines) is 1. The van der Waals surface area contributed by atoms with Crippen LogP contribution in [-0.2, 0) is 4.79 Å². The summed E-state index contributed by atoms with van der Waals surface area (Å²) in [5.41, 5.74) is 2.53. The van der Waals surface area contributed by atoms with Gasteiger partial charge in [0.05, 0.1) is 16.3 Å². The van der Waals surface area contributed by atoms with Gasteiger partial charge in [-0.1, -0.05) is 35.9 Å². The van der Waals surface area contributed by atoms with E-state index in [9.17, 15) is 9.90 Å². The van der Waals surface area contributed by atoms with Crippen LogP contribution in [0.1, 0.15) is 34.9 Å². The molecule has 23 heavy (non-hydrogen) atoms. The lowest BCUT2D eigenvalue weighted by atomic mass is 9.92. The number of aryl methyl sites for hydroxylation is 1. The summed E-state index contributed by atoms with van der Waals surface area (Å²) in [5.74, 6) is -0.882. The van der Waals surface area contributed by atoms with E-state index >= 15 is 0 Å². The van der Waals surface area contributed by atoms with Gasteiger partial charge in [0.1, 0.15) is 0 Å². The van der Waals surface area contributed by atoms with Crippen LogP contribution < -0.4 is 0 Å². The van der Waals surface area contributed by atoms with Crippen molar-refractivity contribution in [3.8, 4) is 0 Å². The van der Waals surface area contributed by atoms with Crippen LogP contribution in [-0.4, -0.2) is 29.1 Å². The number of hydrogen-bond donors (Lipinski definition) is 1. The zero-order chi connectivity index (χ0) is 16.4. The first-order chi connectivity index (χ1) is 11.1. The van der Waals surface area contributed by atoms with Gasteiger partial charge in [-0.3, -0.25) is 9.69 Å². The second kappa shape index (κ2) is 7.04. The van der Waals surface area contributed by atoms with Crippen molar-refractivity contribution < 1.29 is 9.90 Å². The highest BCUT2D eigenvalue weighted by atomic mass is 35.5. The molecular weight excluding hydrogens is 330 g/mol. The molecule has 1 aliphatic rings. The van der Waals surface area contributed by atoms with Crippen LogP contribution in [0.3, 0.4) is 0 Å². The summed E-state index contributed by atoms with van der Waals surface area (Å²) in [6.45, 7) is 3.72. The summed E-state index contributed by atoms with van der Waals surface area (Å²) in [4.78, 5) is 14.8. The predicted octanol–water partition coefficient (Wildman–Crippen LogP) is 4.60. The van der Waals surface area contributed by atoms with Crippen molar-refractivity contribution in [1.82, 2.24) is 4.90 Å². The van der Waals surface area contributed by atoms with Gasteiger partial charge in [0.15, 0.2) is 0 Å². The van der Waals surface area contributed by atoms with Gasteiger partial charge in [0, 0.05) is 4.88 Å². The number of hydrogen-bond acceptors (Lipinski definition) is 3. The lowest BCUT2D eigenvalue weighted by Gasteiger charge is -2.37. The fraction of sp³-hybridized carbons (Fsp3) is 0.389. The average molecular weight is 350 g/mol. The van der Waals surface area contributed by atoms with E-state index in [1.54, 1.807) is 11.3 Å². The molecule has 2 aromatic rings. The van der Waals surface area contributed by atoms with E-state index < -0.39 is 5.97 Å².